The number of nitrogens with zero attached hydrogens (tertiary/aromatic N) is 2. The number of nitrogens with one attached hydrogen (secondary N) is 2. The number of halogens is 3. The quantitative estimate of drug-likeness (QED) is 0.639. The molecule has 1 heterocycles. The zero-order valence-corrected chi connectivity index (χ0v) is 14.3. The molecule has 0 saturated heterocycles. The first-order valence-corrected chi connectivity index (χ1v) is 7.98. The Balaban J connectivity index is 1.78. The minimum Gasteiger partial charge on any atom is -0.366 e. The molecule has 0 saturated carbocycles. The Morgan fingerprint density at radius 2 is 1.65 bits per heavy atom. The zero-order chi connectivity index (χ0) is 18.7. The van der Waals surface area contributed by atoms with Crippen LogP contribution in [-0.2, 0) is 6.54 Å². The van der Waals surface area contributed by atoms with Crippen molar-refractivity contribution in [3.05, 3.63) is 76.9 Å². The first-order valence-electron chi connectivity index (χ1n) is 7.98. The Kier molecular flexibility index (Phi) is 5.06. The highest BCUT2D eigenvalue weighted by molar-refractivity contribution is 5.60. The van der Waals surface area contributed by atoms with E-state index in [9.17, 15) is 13.2 Å². The molecule has 0 aliphatic rings. The molecule has 7 heteroatoms. The van der Waals surface area contributed by atoms with Crippen molar-refractivity contribution in [2.45, 2.75) is 20.4 Å². The number of hydrogen-bond acceptors (Lipinski definition) is 4. The number of aryl methyl sites for hydroxylation is 2. The SMILES string of the molecule is Cc1cccc(CNc2cc(Nc3ccc(F)c(F)c3F)nc(C)n2)c1. The van der Waals surface area contributed by atoms with E-state index in [4.69, 9.17) is 0 Å². The lowest BCUT2D eigenvalue weighted by Crippen LogP contribution is -2.06. The van der Waals surface area contributed by atoms with Gasteiger partial charge in [-0.2, -0.15) is 0 Å². The van der Waals surface area contributed by atoms with E-state index in [0.29, 0.717) is 18.2 Å². The van der Waals surface area contributed by atoms with Crippen molar-refractivity contribution in [2.24, 2.45) is 0 Å². The fraction of sp³-hybridized carbons (Fsp3) is 0.158. The molecule has 0 aliphatic carbocycles. The average Bonchev–Trinajstić information content (AvgIpc) is 2.60. The molecule has 1 aromatic heterocycles. The van der Waals surface area contributed by atoms with Crippen molar-refractivity contribution in [3.63, 3.8) is 0 Å². The summed E-state index contributed by atoms with van der Waals surface area (Å²) in [5.41, 5.74) is 2.04. The van der Waals surface area contributed by atoms with Gasteiger partial charge in [-0.1, -0.05) is 29.8 Å². The van der Waals surface area contributed by atoms with Gasteiger partial charge in [0.25, 0.3) is 0 Å². The number of hydrogen-bond donors (Lipinski definition) is 2. The van der Waals surface area contributed by atoms with Crippen molar-refractivity contribution in [2.75, 3.05) is 10.6 Å². The third-order valence-electron chi connectivity index (χ3n) is 3.69. The highest BCUT2D eigenvalue weighted by atomic mass is 19.2. The summed E-state index contributed by atoms with van der Waals surface area (Å²) in [6, 6.07) is 11.6. The Bertz CT molecular complexity index is 944. The van der Waals surface area contributed by atoms with Crippen molar-refractivity contribution in [3.8, 4) is 0 Å². The molecule has 0 atom stereocenters. The van der Waals surface area contributed by atoms with E-state index >= 15 is 0 Å². The standard InChI is InChI=1S/C19H17F3N4/c1-11-4-3-5-13(8-11)10-23-16-9-17(25-12(2)24-16)26-15-7-6-14(20)18(21)19(15)22/h3-9H,10H2,1-2H3,(H2,23,24,25,26). The lowest BCUT2D eigenvalue weighted by atomic mass is 10.1. The Hall–Kier alpha value is -3.09. The number of benzene rings is 2. The minimum atomic E-state index is -1.53. The molecular formula is C19H17F3N4. The maximum Gasteiger partial charge on any atom is 0.196 e. The van der Waals surface area contributed by atoms with Gasteiger partial charge in [-0.25, -0.2) is 23.1 Å². The molecule has 2 aromatic carbocycles. The lowest BCUT2D eigenvalue weighted by molar-refractivity contribution is 0.449. The van der Waals surface area contributed by atoms with Gasteiger partial charge in [0.15, 0.2) is 17.5 Å². The first kappa shape index (κ1) is 17.7. The third-order valence-corrected chi connectivity index (χ3v) is 3.69. The van der Waals surface area contributed by atoms with E-state index in [2.05, 4.69) is 26.7 Å². The Morgan fingerprint density at radius 1 is 0.885 bits per heavy atom. The summed E-state index contributed by atoms with van der Waals surface area (Å²) in [4.78, 5) is 8.42. The molecule has 3 aromatic rings. The summed E-state index contributed by atoms with van der Waals surface area (Å²) in [7, 11) is 0. The Morgan fingerprint density at radius 3 is 2.42 bits per heavy atom. The van der Waals surface area contributed by atoms with Gasteiger partial charge in [-0.3, -0.25) is 0 Å². The van der Waals surface area contributed by atoms with Crippen LogP contribution in [0.3, 0.4) is 0 Å². The predicted octanol–water partition coefficient (Wildman–Crippen LogP) is 4.87. The van der Waals surface area contributed by atoms with Crippen LogP contribution >= 0.6 is 0 Å². The van der Waals surface area contributed by atoms with Gasteiger partial charge < -0.3 is 10.6 Å². The molecule has 134 valence electrons. The van der Waals surface area contributed by atoms with E-state index in [1.807, 2.05) is 25.1 Å². The van der Waals surface area contributed by atoms with E-state index in [-0.39, 0.29) is 11.5 Å². The molecule has 26 heavy (non-hydrogen) atoms. The molecule has 0 aliphatic heterocycles. The van der Waals surface area contributed by atoms with Gasteiger partial charge >= 0.3 is 0 Å². The highest BCUT2D eigenvalue weighted by Gasteiger charge is 2.14. The van der Waals surface area contributed by atoms with Crippen LogP contribution in [0.1, 0.15) is 17.0 Å². The van der Waals surface area contributed by atoms with Gasteiger partial charge in [0.1, 0.15) is 17.5 Å². The molecule has 0 amide bonds. The van der Waals surface area contributed by atoms with Crippen molar-refractivity contribution in [1.29, 1.82) is 0 Å². The van der Waals surface area contributed by atoms with Crippen molar-refractivity contribution < 1.29 is 13.2 Å². The fourth-order valence-electron chi connectivity index (χ4n) is 2.50. The van der Waals surface area contributed by atoms with E-state index in [1.54, 1.807) is 13.0 Å². The smallest absolute Gasteiger partial charge is 0.196 e. The molecule has 0 fully saturated rings. The summed E-state index contributed by atoms with van der Waals surface area (Å²) >= 11 is 0. The van der Waals surface area contributed by atoms with Crippen LogP contribution in [0.15, 0.2) is 42.5 Å². The summed E-state index contributed by atoms with van der Waals surface area (Å²) < 4.78 is 40.2. The second-order valence-corrected chi connectivity index (χ2v) is 5.88. The maximum absolute atomic E-state index is 13.8. The van der Waals surface area contributed by atoms with Crippen LogP contribution in [0.25, 0.3) is 0 Å². The van der Waals surface area contributed by atoms with Crippen molar-refractivity contribution >= 4 is 17.3 Å². The molecular weight excluding hydrogens is 341 g/mol. The number of aromatic nitrogens is 2. The molecule has 0 unspecified atom stereocenters. The minimum absolute atomic E-state index is 0.202. The predicted molar refractivity (Wildman–Crippen MR) is 94.9 cm³/mol. The van der Waals surface area contributed by atoms with Crippen molar-refractivity contribution in [1.82, 2.24) is 9.97 Å². The normalized spacial score (nSPS) is 10.7. The van der Waals surface area contributed by atoms with Gasteiger partial charge in [0, 0.05) is 12.6 Å². The van der Waals surface area contributed by atoms with Crippen LogP contribution < -0.4 is 10.6 Å². The summed E-state index contributed by atoms with van der Waals surface area (Å²) in [6.45, 7) is 4.25. The van der Waals surface area contributed by atoms with Crippen LogP contribution in [0.5, 0.6) is 0 Å². The molecule has 3 rings (SSSR count). The van der Waals surface area contributed by atoms with Gasteiger partial charge in [0.05, 0.1) is 5.69 Å². The fourth-order valence-corrected chi connectivity index (χ4v) is 2.50. The number of rotatable bonds is 5. The topological polar surface area (TPSA) is 49.8 Å². The second-order valence-electron chi connectivity index (χ2n) is 5.88. The molecule has 0 spiro atoms. The van der Waals surface area contributed by atoms with E-state index in [0.717, 1.165) is 23.3 Å². The summed E-state index contributed by atoms with van der Waals surface area (Å²) in [5, 5.41) is 5.83. The largest absolute Gasteiger partial charge is 0.366 e. The molecule has 4 nitrogen and oxygen atoms in total. The highest BCUT2D eigenvalue weighted by Crippen LogP contribution is 2.24. The molecule has 2 N–H and O–H groups in total. The molecule has 0 bridgehead atoms. The van der Waals surface area contributed by atoms with Gasteiger partial charge in [-0.05, 0) is 31.5 Å². The van der Waals surface area contributed by atoms with Gasteiger partial charge in [0.2, 0.25) is 0 Å². The first-order chi connectivity index (χ1) is 12.4. The maximum atomic E-state index is 13.8. The average molecular weight is 358 g/mol. The van der Waals surface area contributed by atoms with Gasteiger partial charge in [-0.15, -0.1) is 0 Å². The van der Waals surface area contributed by atoms with E-state index in [1.165, 1.54) is 0 Å². The number of anilines is 3. The van der Waals surface area contributed by atoms with E-state index < -0.39 is 17.5 Å². The summed E-state index contributed by atoms with van der Waals surface area (Å²) in [6.07, 6.45) is 0. The second kappa shape index (κ2) is 7.43. The van der Waals surface area contributed by atoms with Crippen LogP contribution in [0.4, 0.5) is 30.5 Å². The molecule has 0 radical (unpaired) electrons. The van der Waals surface area contributed by atoms with Crippen LogP contribution in [0, 0.1) is 31.3 Å². The lowest BCUT2D eigenvalue weighted by Gasteiger charge is -2.11. The van der Waals surface area contributed by atoms with Crippen LogP contribution in [-0.4, -0.2) is 9.97 Å². The van der Waals surface area contributed by atoms with Crippen LogP contribution in [0.2, 0.25) is 0 Å². The zero-order valence-electron chi connectivity index (χ0n) is 14.3. The summed E-state index contributed by atoms with van der Waals surface area (Å²) in [5.74, 6) is -2.81. The Labute approximate surface area is 149 Å². The third kappa shape index (κ3) is 4.11. The monoisotopic (exact) mass is 358 g/mol.